The highest BCUT2D eigenvalue weighted by Gasteiger charge is 2.14. The van der Waals surface area contributed by atoms with Crippen molar-refractivity contribution < 1.29 is 22.5 Å². The Morgan fingerprint density at radius 2 is 1.79 bits per heavy atom. The van der Waals surface area contributed by atoms with Gasteiger partial charge in [0, 0.05) is 22.9 Å². The third-order valence-corrected chi connectivity index (χ3v) is 2.92. The maximum absolute atomic E-state index is 12.0. The van der Waals surface area contributed by atoms with E-state index in [1.165, 1.54) is 12.1 Å². The number of benzene rings is 2. The van der Waals surface area contributed by atoms with E-state index in [1.807, 2.05) is 0 Å². The molecule has 96 valence electrons. The smallest absolute Gasteiger partial charge is 0.347 e. The van der Waals surface area contributed by atoms with Gasteiger partial charge < -0.3 is 19.7 Å². The van der Waals surface area contributed by atoms with E-state index < -0.39 is 23.2 Å². The normalized spacial score (nSPS) is 12.7. The molecule has 19 heavy (non-hydrogen) atoms. The molecule has 5 nitrogen and oxygen atoms in total. The predicted molar refractivity (Wildman–Crippen MR) is 69.7 cm³/mol. The lowest BCUT2D eigenvalue weighted by Gasteiger charge is -2.08. The SMILES string of the molecule is [2H]c1c(O)cc2c(c1O)c(=O)oc1c([2H])c(O)cc(C)c12. The van der Waals surface area contributed by atoms with Crippen LogP contribution in [0, 0.1) is 6.92 Å². The molecule has 5 heteroatoms. The van der Waals surface area contributed by atoms with Gasteiger partial charge in [-0.2, -0.15) is 0 Å². The van der Waals surface area contributed by atoms with Gasteiger partial charge in [-0.25, -0.2) is 4.79 Å². The first-order valence-corrected chi connectivity index (χ1v) is 5.44. The lowest BCUT2D eigenvalue weighted by atomic mass is 10.0. The van der Waals surface area contributed by atoms with Crippen molar-refractivity contribution in [1.29, 1.82) is 0 Å². The number of fused-ring (bicyclic) bond motifs is 3. The van der Waals surface area contributed by atoms with Crippen molar-refractivity contribution in [3.8, 4) is 17.2 Å². The minimum absolute atomic E-state index is 0.137. The molecule has 0 aliphatic rings. The van der Waals surface area contributed by atoms with Gasteiger partial charge in [-0.15, -0.1) is 0 Å². The van der Waals surface area contributed by atoms with Crippen LogP contribution in [-0.4, -0.2) is 15.3 Å². The minimum atomic E-state index is -0.943. The topological polar surface area (TPSA) is 90.9 Å². The van der Waals surface area contributed by atoms with E-state index in [4.69, 9.17) is 7.16 Å². The Morgan fingerprint density at radius 1 is 1.11 bits per heavy atom. The van der Waals surface area contributed by atoms with Crippen LogP contribution in [0.1, 0.15) is 8.30 Å². The molecule has 0 amide bonds. The number of hydrogen-bond acceptors (Lipinski definition) is 5. The molecule has 0 aliphatic carbocycles. The van der Waals surface area contributed by atoms with Crippen molar-refractivity contribution in [2.75, 3.05) is 0 Å². The van der Waals surface area contributed by atoms with E-state index in [1.54, 1.807) is 6.92 Å². The molecule has 0 saturated heterocycles. The maximum Gasteiger partial charge on any atom is 0.347 e. The van der Waals surface area contributed by atoms with E-state index in [2.05, 4.69) is 0 Å². The van der Waals surface area contributed by atoms with Crippen LogP contribution >= 0.6 is 0 Å². The van der Waals surface area contributed by atoms with Gasteiger partial charge in [-0.05, 0) is 24.6 Å². The van der Waals surface area contributed by atoms with Gasteiger partial charge in [0.05, 0.1) is 2.74 Å². The molecular weight excluding hydrogens is 248 g/mol. The molecule has 3 N–H and O–H groups in total. The molecule has 3 rings (SSSR count). The quantitative estimate of drug-likeness (QED) is 0.426. The van der Waals surface area contributed by atoms with Gasteiger partial charge in [-0.3, -0.25) is 0 Å². The third-order valence-electron chi connectivity index (χ3n) is 2.92. The van der Waals surface area contributed by atoms with Crippen LogP contribution < -0.4 is 5.63 Å². The van der Waals surface area contributed by atoms with Crippen molar-refractivity contribution in [2.24, 2.45) is 0 Å². The van der Waals surface area contributed by atoms with E-state index in [0.29, 0.717) is 10.9 Å². The summed E-state index contributed by atoms with van der Waals surface area (Å²) >= 11 is 0. The second-order valence-electron chi connectivity index (χ2n) is 4.22. The number of rotatable bonds is 0. The van der Waals surface area contributed by atoms with Gasteiger partial charge in [0.25, 0.3) is 0 Å². The van der Waals surface area contributed by atoms with E-state index in [-0.39, 0.29) is 28.1 Å². The summed E-state index contributed by atoms with van der Waals surface area (Å²) in [5.74, 6) is -1.52. The zero-order valence-corrected chi connectivity index (χ0v) is 9.81. The van der Waals surface area contributed by atoms with Crippen molar-refractivity contribution in [3.63, 3.8) is 0 Å². The summed E-state index contributed by atoms with van der Waals surface area (Å²) in [6.45, 7) is 1.63. The highest BCUT2D eigenvalue weighted by atomic mass is 16.4. The van der Waals surface area contributed by atoms with Crippen LogP contribution in [0.3, 0.4) is 0 Å². The average molecular weight is 260 g/mol. The molecule has 0 radical (unpaired) electrons. The molecule has 1 heterocycles. The fourth-order valence-electron chi connectivity index (χ4n) is 2.19. The number of phenolic OH excluding ortho intramolecular Hbond substituents is 3. The summed E-state index contributed by atoms with van der Waals surface area (Å²) in [7, 11) is 0. The molecule has 0 bridgehead atoms. The van der Waals surface area contributed by atoms with Gasteiger partial charge >= 0.3 is 5.63 Å². The molecule has 0 fully saturated rings. The average Bonchev–Trinajstić information content (AvgIpc) is 2.41. The van der Waals surface area contributed by atoms with Gasteiger partial charge in [0.15, 0.2) is 0 Å². The minimum Gasteiger partial charge on any atom is -0.508 e. The van der Waals surface area contributed by atoms with Crippen LogP contribution in [0.25, 0.3) is 21.7 Å². The first kappa shape index (κ1) is 9.27. The highest BCUT2D eigenvalue weighted by Crippen LogP contribution is 2.35. The van der Waals surface area contributed by atoms with Crippen molar-refractivity contribution in [3.05, 3.63) is 40.2 Å². The zero-order valence-electron chi connectivity index (χ0n) is 11.8. The molecular formula is C14H10O5. The van der Waals surface area contributed by atoms with Crippen molar-refractivity contribution in [1.82, 2.24) is 0 Å². The van der Waals surface area contributed by atoms with Crippen LogP contribution in [0.5, 0.6) is 17.2 Å². The standard InChI is InChI=1S/C14H10O5/c1-6-2-7(15)5-11-12(6)9-3-8(16)4-10(17)13(9)14(18)19-11/h2-5,15-17H,1H3/i4D,5D. The van der Waals surface area contributed by atoms with E-state index in [9.17, 15) is 20.1 Å². The largest absolute Gasteiger partial charge is 0.508 e. The van der Waals surface area contributed by atoms with Crippen LogP contribution in [-0.2, 0) is 0 Å². The Bertz CT molecular complexity index is 975. The second kappa shape index (κ2) is 3.65. The monoisotopic (exact) mass is 260 g/mol. The molecule has 0 aliphatic heterocycles. The Hall–Kier alpha value is -2.69. The number of hydrogen-bond donors (Lipinski definition) is 3. The zero-order chi connectivity index (χ0) is 15.5. The molecule has 0 saturated carbocycles. The lowest BCUT2D eigenvalue weighted by molar-refractivity contribution is 0.453. The Kier molecular flexibility index (Phi) is 1.78. The molecule has 1 aromatic heterocycles. The number of aromatic hydroxyl groups is 3. The maximum atomic E-state index is 12.0. The van der Waals surface area contributed by atoms with Gasteiger partial charge in [-0.1, -0.05) is 0 Å². The summed E-state index contributed by atoms with van der Waals surface area (Å²) in [5.41, 5.74) is -0.577. The highest BCUT2D eigenvalue weighted by molar-refractivity contribution is 6.08. The molecule has 0 atom stereocenters. The Balaban J connectivity index is 2.74. The fraction of sp³-hybridized carbons (Fsp3) is 0.0714. The molecule has 0 unspecified atom stereocenters. The van der Waals surface area contributed by atoms with Crippen LogP contribution in [0.15, 0.2) is 33.4 Å². The summed E-state index contributed by atoms with van der Waals surface area (Å²) in [6.07, 6.45) is 0. The third kappa shape index (κ3) is 1.59. The van der Waals surface area contributed by atoms with Crippen molar-refractivity contribution in [2.45, 2.75) is 6.92 Å². The molecule has 2 aromatic carbocycles. The molecule has 3 aromatic rings. The predicted octanol–water partition coefficient (Wildman–Crippen LogP) is 2.37. The summed E-state index contributed by atoms with van der Waals surface area (Å²) in [5, 5.41) is 29.5. The van der Waals surface area contributed by atoms with E-state index in [0.717, 1.165) is 0 Å². The lowest BCUT2D eigenvalue weighted by Crippen LogP contribution is -2.00. The van der Waals surface area contributed by atoms with Gasteiger partial charge in [0.1, 0.15) is 28.2 Å². The Morgan fingerprint density at radius 3 is 2.53 bits per heavy atom. The number of aryl methyl sites for hydroxylation is 1. The summed E-state index contributed by atoms with van der Waals surface area (Å²) in [4.78, 5) is 12.0. The molecule has 0 spiro atoms. The fourth-order valence-corrected chi connectivity index (χ4v) is 2.19. The van der Waals surface area contributed by atoms with Crippen LogP contribution in [0.4, 0.5) is 0 Å². The van der Waals surface area contributed by atoms with Crippen molar-refractivity contribution >= 4 is 21.7 Å². The second-order valence-corrected chi connectivity index (χ2v) is 4.22. The van der Waals surface area contributed by atoms with Gasteiger partial charge in [0.2, 0.25) is 0 Å². The van der Waals surface area contributed by atoms with Crippen LogP contribution in [0.2, 0.25) is 0 Å². The summed E-state index contributed by atoms with van der Waals surface area (Å²) < 4.78 is 20.3. The van der Waals surface area contributed by atoms with E-state index >= 15 is 0 Å². The number of phenols is 3. The first-order chi connectivity index (χ1) is 9.82. The first-order valence-electron chi connectivity index (χ1n) is 6.44. The summed E-state index contributed by atoms with van der Waals surface area (Å²) in [6, 6.07) is 1.56. The Labute approximate surface area is 109 Å².